The molecule has 3 amide bonds. The Morgan fingerprint density at radius 1 is 1.00 bits per heavy atom. The summed E-state index contributed by atoms with van der Waals surface area (Å²) in [5, 5.41) is 26.1. The zero-order chi connectivity index (χ0) is 24.3. The molecule has 0 saturated heterocycles. The van der Waals surface area contributed by atoms with Crippen molar-refractivity contribution in [1.29, 1.82) is 0 Å². The van der Waals surface area contributed by atoms with Gasteiger partial charge in [0.15, 0.2) is 0 Å². The fraction of sp³-hybridized carbons (Fsp3) is 0.524. The van der Waals surface area contributed by atoms with Crippen LogP contribution in [0.2, 0.25) is 0 Å². The van der Waals surface area contributed by atoms with Gasteiger partial charge in [0, 0.05) is 0 Å². The Hall–Kier alpha value is -2.63. The molecule has 0 aliphatic rings. The Labute approximate surface area is 191 Å². The number of hydrogen-bond acceptors (Lipinski definition) is 7. The largest absolute Gasteiger partial charge is 0.480 e. The summed E-state index contributed by atoms with van der Waals surface area (Å²) in [6.07, 6.45) is 1.11. The van der Waals surface area contributed by atoms with Crippen LogP contribution in [-0.2, 0) is 25.6 Å². The number of hydrogen-bond donors (Lipinski definition) is 6. The Kier molecular flexibility index (Phi) is 11.7. The number of nitrogens with one attached hydrogen (secondary N) is 3. The van der Waals surface area contributed by atoms with E-state index >= 15 is 0 Å². The molecule has 0 saturated carbocycles. The van der Waals surface area contributed by atoms with E-state index in [0.717, 1.165) is 5.56 Å². The molecule has 0 fully saturated rings. The van der Waals surface area contributed by atoms with Crippen LogP contribution in [-0.4, -0.2) is 76.2 Å². The zero-order valence-electron chi connectivity index (χ0n) is 18.4. The number of carbonyl (C=O) groups excluding carboxylic acids is 3. The molecule has 1 aromatic carbocycles. The van der Waals surface area contributed by atoms with Crippen LogP contribution in [0.3, 0.4) is 0 Å². The average molecular weight is 469 g/mol. The highest BCUT2D eigenvalue weighted by Crippen LogP contribution is 2.06. The molecule has 32 heavy (non-hydrogen) atoms. The molecule has 5 unspecified atom stereocenters. The molecular formula is C21H32N4O6S. The van der Waals surface area contributed by atoms with E-state index in [-0.39, 0.29) is 12.8 Å². The number of amides is 3. The van der Waals surface area contributed by atoms with E-state index in [1.807, 2.05) is 36.6 Å². The van der Waals surface area contributed by atoms with Crippen molar-refractivity contribution in [3.05, 3.63) is 35.9 Å². The summed E-state index contributed by atoms with van der Waals surface area (Å²) in [6, 6.07) is 4.74. The second-order valence-corrected chi connectivity index (χ2v) is 8.42. The van der Waals surface area contributed by atoms with Crippen LogP contribution in [0.15, 0.2) is 30.3 Å². The predicted octanol–water partition coefficient (Wildman–Crippen LogP) is -0.751. The highest BCUT2D eigenvalue weighted by atomic mass is 32.2. The van der Waals surface area contributed by atoms with Crippen molar-refractivity contribution < 1.29 is 29.4 Å². The quantitative estimate of drug-likeness (QED) is 0.219. The van der Waals surface area contributed by atoms with E-state index in [4.69, 9.17) is 10.8 Å². The summed E-state index contributed by atoms with van der Waals surface area (Å²) in [5.74, 6) is -2.75. The van der Waals surface area contributed by atoms with Crippen molar-refractivity contribution in [1.82, 2.24) is 16.0 Å². The van der Waals surface area contributed by atoms with Crippen molar-refractivity contribution in [2.45, 2.75) is 57.0 Å². The van der Waals surface area contributed by atoms with Crippen molar-refractivity contribution in [2.75, 3.05) is 12.0 Å². The van der Waals surface area contributed by atoms with Gasteiger partial charge in [-0.3, -0.25) is 19.2 Å². The molecule has 10 nitrogen and oxygen atoms in total. The van der Waals surface area contributed by atoms with E-state index < -0.39 is 54.0 Å². The lowest BCUT2D eigenvalue weighted by molar-refractivity contribution is -0.142. The summed E-state index contributed by atoms with van der Waals surface area (Å²) in [4.78, 5) is 48.7. The lowest BCUT2D eigenvalue weighted by atomic mass is 10.0. The summed E-state index contributed by atoms with van der Waals surface area (Å²) < 4.78 is 0. The van der Waals surface area contributed by atoms with Gasteiger partial charge in [0.25, 0.3) is 0 Å². The first-order chi connectivity index (χ1) is 15.1. The SMILES string of the molecule is CSCCC(NC(=O)C(N)Cc1ccccc1)C(=O)NC(C(=O)NC(C)C(=O)O)C(C)O. The molecule has 0 heterocycles. The molecule has 1 rings (SSSR count). The summed E-state index contributed by atoms with van der Waals surface area (Å²) >= 11 is 1.47. The summed E-state index contributed by atoms with van der Waals surface area (Å²) in [5.41, 5.74) is 6.87. The third kappa shape index (κ3) is 9.25. The number of aliphatic hydroxyl groups is 1. The van der Waals surface area contributed by atoms with E-state index in [1.54, 1.807) is 0 Å². The third-order valence-corrected chi connectivity index (χ3v) is 5.31. The lowest BCUT2D eigenvalue weighted by Gasteiger charge is -2.26. The summed E-state index contributed by atoms with van der Waals surface area (Å²) in [6.45, 7) is 2.55. The average Bonchev–Trinajstić information content (AvgIpc) is 2.74. The van der Waals surface area contributed by atoms with Gasteiger partial charge in [-0.2, -0.15) is 11.8 Å². The van der Waals surface area contributed by atoms with Gasteiger partial charge in [0.2, 0.25) is 17.7 Å². The Balaban J connectivity index is 2.84. The van der Waals surface area contributed by atoms with Crippen LogP contribution in [0.1, 0.15) is 25.8 Å². The van der Waals surface area contributed by atoms with E-state index in [9.17, 15) is 24.3 Å². The molecule has 0 bridgehead atoms. The van der Waals surface area contributed by atoms with Gasteiger partial charge in [0.1, 0.15) is 18.1 Å². The molecule has 0 radical (unpaired) electrons. The maximum Gasteiger partial charge on any atom is 0.325 e. The highest BCUT2D eigenvalue weighted by molar-refractivity contribution is 7.98. The van der Waals surface area contributed by atoms with Crippen LogP contribution in [0.4, 0.5) is 0 Å². The van der Waals surface area contributed by atoms with Gasteiger partial charge in [-0.15, -0.1) is 0 Å². The summed E-state index contributed by atoms with van der Waals surface area (Å²) in [7, 11) is 0. The fourth-order valence-electron chi connectivity index (χ4n) is 2.77. The van der Waals surface area contributed by atoms with Gasteiger partial charge in [-0.05, 0) is 44.3 Å². The maximum atomic E-state index is 12.8. The van der Waals surface area contributed by atoms with Crippen LogP contribution >= 0.6 is 11.8 Å². The van der Waals surface area contributed by atoms with Gasteiger partial charge < -0.3 is 31.9 Å². The van der Waals surface area contributed by atoms with E-state index in [1.165, 1.54) is 25.6 Å². The molecule has 5 atom stereocenters. The zero-order valence-corrected chi connectivity index (χ0v) is 19.2. The number of aliphatic carboxylic acids is 1. The maximum absolute atomic E-state index is 12.8. The second-order valence-electron chi connectivity index (χ2n) is 7.43. The third-order valence-electron chi connectivity index (χ3n) is 4.67. The van der Waals surface area contributed by atoms with Crippen LogP contribution in [0.5, 0.6) is 0 Å². The van der Waals surface area contributed by atoms with Crippen LogP contribution < -0.4 is 21.7 Å². The predicted molar refractivity (Wildman–Crippen MR) is 122 cm³/mol. The standard InChI is InChI=1S/C21H32N4O6S/c1-12(21(30)31)23-20(29)17(13(2)26)25-19(28)16(9-10-32-3)24-18(27)15(22)11-14-7-5-4-6-8-14/h4-8,12-13,15-17,26H,9-11,22H2,1-3H3,(H,23,29)(H,24,27)(H,25,28)(H,30,31). The molecule has 1 aromatic rings. The molecule has 178 valence electrons. The topological polar surface area (TPSA) is 171 Å². The fourth-order valence-corrected chi connectivity index (χ4v) is 3.24. The lowest BCUT2D eigenvalue weighted by Crippen LogP contribution is -2.59. The Morgan fingerprint density at radius 2 is 1.62 bits per heavy atom. The number of aliphatic hydroxyl groups excluding tert-OH is 1. The number of nitrogens with two attached hydrogens (primary N) is 1. The molecule has 0 aliphatic carbocycles. The smallest absolute Gasteiger partial charge is 0.325 e. The number of benzene rings is 1. The second kappa shape index (κ2) is 13.7. The van der Waals surface area contributed by atoms with Gasteiger partial charge in [0.05, 0.1) is 12.1 Å². The van der Waals surface area contributed by atoms with Crippen molar-refractivity contribution in [3.63, 3.8) is 0 Å². The van der Waals surface area contributed by atoms with Gasteiger partial charge in [-0.1, -0.05) is 30.3 Å². The van der Waals surface area contributed by atoms with E-state index in [0.29, 0.717) is 5.75 Å². The first-order valence-electron chi connectivity index (χ1n) is 10.2. The van der Waals surface area contributed by atoms with Gasteiger partial charge >= 0.3 is 5.97 Å². The molecule has 7 N–H and O–H groups in total. The van der Waals surface area contributed by atoms with Crippen molar-refractivity contribution in [3.8, 4) is 0 Å². The first kappa shape index (κ1) is 27.4. The number of carboxylic acids is 1. The van der Waals surface area contributed by atoms with Crippen LogP contribution in [0, 0.1) is 0 Å². The van der Waals surface area contributed by atoms with Crippen molar-refractivity contribution >= 4 is 35.5 Å². The Morgan fingerprint density at radius 3 is 2.16 bits per heavy atom. The normalized spacial score (nSPS) is 15.5. The number of thioether (sulfide) groups is 1. The molecule has 0 aliphatic heterocycles. The molecule has 0 aromatic heterocycles. The molecule has 0 spiro atoms. The van der Waals surface area contributed by atoms with Crippen molar-refractivity contribution in [2.24, 2.45) is 5.73 Å². The molecule has 11 heteroatoms. The minimum absolute atomic E-state index is 0.274. The highest BCUT2D eigenvalue weighted by Gasteiger charge is 2.31. The van der Waals surface area contributed by atoms with Gasteiger partial charge in [-0.25, -0.2) is 0 Å². The monoisotopic (exact) mass is 468 g/mol. The minimum Gasteiger partial charge on any atom is -0.480 e. The minimum atomic E-state index is -1.39. The first-order valence-corrected chi connectivity index (χ1v) is 11.6. The Bertz CT molecular complexity index is 777. The van der Waals surface area contributed by atoms with Crippen LogP contribution in [0.25, 0.3) is 0 Å². The number of carbonyl (C=O) groups is 4. The number of carboxylic acid groups (broad SMARTS) is 1. The van der Waals surface area contributed by atoms with E-state index in [2.05, 4.69) is 16.0 Å². The molecular weight excluding hydrogens is 436 g/mol. The number of rotatable bonds is 13.